The molecule has 0 radical (unpaired) electrons. The molecule has 0 aliphatic heterocycles. The quantitative estimate of drug-likeness (QED) is 0.0335. The summed E-state index contributed by atoms with van der Waals surface area (Å²) in [5, 5.41) is 25.4. The van der Waals surface area contributed by atoms with Gasteiger partial charge in [0.05, 0.1) is 47.0 Å². The fourth-order valence-corrected chi connectivity index (χ4v) is 9.36. The van der Waals surface area contributed by atoms with Crippen LogP contribution in [-0.2, 0) is 63.1 Å². The summed E-state index contributed by atoms with van der Waals surface area (Å²) in [5.41, 5.74) is 12.2. The van der Waals surface area contributed by atoms with Crippen LogP contribution in [0.1, 0.15) is 157 Å². The summed E-state index contributed by atoms with van der Waals surface area (Å²) in [6.07, 6.45) is 5.85. The number of Topliss-reactive ketones (excluding diaryl/α,β-unsaturated/α-hetero) is 1. The molecule has 0 bridgehead atoms. The number of nitrogens with zero attached hydrogens (tertiary/aromatic N) is 3. The smallest absolute Gasteiger partial charge is 0.408 e. The van der Waals surface area contributed by atoms with Gasteiger partial charge in [-0.15, -0.1) is 5.10 Å². The minimum Gasteiger partial charge on any atom is -0.449 e. The van der Waals surface area contributed by atoms with Gasteiger partial charge < -0.3 is 62.3 Å². The Kier molecular flexibility index (Phi) is 23.5. The molecule has 0 spiro atoms. The Morgan fingerprint density at radius 1 is 0.803 bits per heavy atom. The number of alkyl carbamates (subject to hydrolysis) is 2. The van der Waals surface area contributed by atoms with Crippen LogP contribution in [0.15, 0.2) is 24.3 Å². The Morgan fingerprint density at radius 2 is 1.43 bits per heavy atom. The highest BCUT2D eigenvalue weighted by Gasteiger charge is 2.51. The lowest BCUT2D eigenvalue weighted by molar-refractivity contribution is -0.132. The van der Waals surface area contributed by atoms with Crippen LogP contribution in [-0.4, -0.2) is 119 Å². The topological polar surface area (TPSA) is 311 Å². The second-order valence-electron chi connectivity index (χ2n) is 22.8. The fourth-order valence-electron chi connectivity index (χ4n) is 9.36. The minimum atomic E-state index is -1.03. The Bertz CT molecular complexity index is 2260. The maximum atomic E-state index is 13.8. The van der Waals surface area contributed by atoms with Gasteiger partial charge in [-0.05, 0) is 148 Å². The summed E-state index contributed by atoms with van der Waals surface area (Å²) in [5.74, 6) is -0.383. The van der Waals surface area contributed by atoms with Crippen molar-refractivity contribution in [3.63, 3.8) is 0 Å². The van der Waals surface area contributed by atoms with E-state index in [0.29, 0.717) is 87.9 Å². The third-order valence-corrected chi connectivity index (χ3v) is 14.5. The van der Waals surface area contributed by atoms with Gasteiger partial charge in [0.1, 0.15) is 24.5 Å². The van der Waals surface area contributed by atoms with E-state index in [1.54, 1.807) is 45.0 Å². The van der Waals surface area contributed by atoms with E-state index < -0.39 is 64.5 Å². The molecule has 2 aromatic rings. The number of ketones is 1. The van der Waals surface area contributed by atoms with Crippen LogP contribution in [0.25, 0.3) is 0 Å². The molecule has 1 heterocycles. The number of rotatable bonds is 31. The van der Waals surface area contributed by atoms with Gasteiger partial charge in [0.15, 0.2) is 0 Å². The van der Waals surface area contributed by atoms with Gasteiger partial charge in [-0.1, -0.05) is 38.1 Å². The fraction of sp³-hybridized carbons (Fsp3) is 0.722. The molecule has 22 nitrogen and oxygen atoms in total. The largest absolute Gasteiger partial charge is 0.449 e. The van der Waals surface area contributed by atoms with Crippen molar-refractivity contribution in [3.8, 4) is 0 Å². The lowest BCUT2D eigenvalue weighted by Gasteiger charge is -2.31. The predicted octanol–water partition coefficient (Wildman–Crippen LogP) is 5.63. The van der Waals surface area contributed by atoms with Crippen LogP contribution in [0.3, 0.4) is 0 Å². The highest BCUT2D eigenvalue weighted by atomic mass is 16.6. The zero-order chi connectivity index (χ0) is 56.4. The van der Waals surface area contributed by atoms with E-state index in [9.17, 15) is 33.6 Å². The Morgan fingerprint density at radius 3 is 2.05 bits per heavy atom. The zero-order valence-corrected chi connectivity index (χ0v) is 47.0. The third kappa shape index (κ3) is 20.9. The van der Waals surface area contributed by atoms with Crippen molar-refractivity contribution in [3.05, 3.63) is 41.2 Å². The molecular weight excluding hydrogens is 979 g/mol. The van der Waals surface area contributed by atoms with Gasteiger partial charge in [0.25, 0.3) is 0 Å². The summed E-state index contributed by atoms with van der Waals surface area (Å²) in [7, 11) is 1.46. The van der Waals surface area contributed by atoms with Crippen LogP contribution in [0.4, 0.5) is 20.1 Å². The van der Waals surface area contributed by atoms with Crippen LogP contribution >= 0.6 is 0 Å². The maximum Gasteiger partial charge on any atom is 0.408 e. The van der Waals surface area contributed by atoms with Crippen LogP contribution in [0.2, 0.25) is 0 Å². The van der Waals surface area contributed by atoms with Gasteiger partial charge in [-0.2, -0.15) is 0 Å². The second kappa shape index (κ2) is 28.5. The van der Waals surface area contributed by atoms with E-state index in [1.165, 1.54) is 7.05 Å². The lowest BCUT2D eigenvalue weighted by atomic mass is 9.97. The number of aromatic nitrogens is 3. The van der Waals surface area contributed by atoms with Gasteiger partial charge in [-0.25, -0.2) is 19.1 Å². The number of anilines is 1. The first-order valence-electron chi connectivity index (χ1n) is 27.0. The zero-order valence-electron chi connectivity index (χ0n) is 47.0. The molecule has 1 fully saturated rings. The first-order chi connectivity index (χ1) is 35.6. The van der Waals surface area contributed by atoms with E-state index >= 15 is 0 Å². The number of primary amides is 1. The maximum absolute atomic E-state index is 13.8. The summed E-state index contributed by atoms with van der Waals surface area (Å²) >= 11 is 0. The lowest BCUT2D eigenvalue weighted by Crippen LogP contribution is -2.54. The number of nitrogens with two attached hydrogens (primary N) is 2. The molecule has 5 unspecified atom stereocenters. The number of nitrogens with one attached hydrogen (secondary N) is 6. The Balaban J connectivity index is 1.22. The van der Waals surface area contributed by atoms with Gasteiger partial charge in [0.2, 0.25) is 17.7 Å². The highest BCUT2D eigenvalue weighted by molar-refractivity contribution is 5.98. The molecule has 4 rings (SSSR count). The molecule has 22 heteroatoms. The first-order valence-corrected chi connectivity index (χ1v) is 27.0. The van der Waals surface area contributed by atoms with Crippen molar-refractivity contribution >= 4 is 47.4 Å². The molecule has 1 aromatic heterocycles. The molecule has 6 atom stereocenters. The molecule has 10 N–H and O–H groups in total. The van der Waals surface area contributed by atoms with Gasteiger partial charge in [-0.3, -0.25) is 19.2 Å². The minimum absolute atomic E-state index is 0.0342. The normalized spacial score (nSPS) is 18.0. The van der Waals surface area contributed by atoms with Crippen LogP contribution < -0.4 is 43.4 Å². The Labute approximate surface area is 449 Å². The summed E-state index contributed by atoms with van der Waals surface area (Å²) in [6, 6.07) is 4.00. The molecule has 426 valence electrons. The number of carbonyl (C=O) groups is 7. The first kappa shape index (κ1) is 62.7. The van der Waals surface area contributed by atoms with E-state index in [0.717, 1.165) is 37.1 Å². The molecule has 1 saturated carbocycles. The van der Waals surface area contributed by atoms with Gasteiger partial charge in [0, 0.05) is 51.6 Å². The number of carbonyl (C=O) groups excluding carboxylic acids is 7. The standard InChI is InChI=1S/C54H89N11O11/c1-12-37(66)23-25-52(6,7)76-31-28-54(10,56)62-50(72)74-33-40-38-19-21-41-43(22-20-39(38)40)65(64-63-41)51(4,5)27-30-75-53(8,9)26-24-44(67)61-45(34(2)3)47(69)60-42(14-13-29-58-48(55)70)46(68)59-36-17-15-35(16-18-36)32-73-49(71)57-11/h15-18,34,38-40,42,45H,12-14,19-33,56H2,1-11H3,(H,57,71)(H,59,68)(H,60,69)(H,61,67)(H,62,72)(H3,55,58,70)/t38?,39?,40?,42-,45?,54?/m0/s1. The molecule has 0 saturated heterocycles. The van der Waals surface area contributed by atoms with Crippen molar-refractivity contribution in [2.75, 3.05) is 38.7 Å². The highest BCUT2D eigenvalue weighted by Crippen LogP contribution is 2.53. The number of aryl methyl sites for hydroxylation is 1. The van der Waals surface area contributed by atoms with Crippen LogP contribution in [0.5, 0.6) is 0 Å². The van der Waals surface area contributed by atoms with Gasteiger partial charge >= 0.3 is 18.2 Å². The van der Waals surface area contributed by atoms with Crippen molar-refractivity contribution in [1.29, 1.82) is 0 Å². The third-order valence-electron chi connectivity index (χ3n) is 14.5. The van der Waals surface area contributed by atoms with Crippen LogP contribution in [0, 0.1) is 23.7 Å². The Hall–Kier alpha value is -5.87. The predicted molar refractivity (Wildman–Crippen MR) is 286 cm³/mol. The second-order valence-corrected chi connectivity index (χ2v) is 22.8. The number of fused-ring (bicyclic) bond motifs is 2. The number of hydrogen-bond acceptors (Lipinski definition) is 14. The summed E-state index contributed by atoms with van der Waals surface area (Å²) < 4.78 is 25.2. The molecule has 2 aliphatic carbocycles. The number of ether oxygens (including phenoxy) is 4. The summed E-state index contributed by atoms with van der Waals surface area (Å²) in [4.78, 5) is 88.1. The average Bonchev–Trinajstić information content (AvgIpc) is 3.83. The van der Waals surface area contributed by atoms with E-state index in [2.05, 4.69) is 56.1 Å². The molecule has 2 aliphatic rings. The van der Waals surface area contributed by atoms with E-state index in [4.69, 9.17) is 30.4 Å². The summed E-state index contributed by atoms with van der Waals surface area (Å²) in [6.45, 7) is 20.4. The number of urea groups is 1. The van der Waals surface area contributed by atoms with Crippen molar-refractivity contribution in [2.45, 2.75) is 194 Å². The molecule has 7 amide bonds. The average molecular weight is 1070 g/mol. The monoisotopic (exact) mass is 1070 g/mol. The number of hydrogen-bond donors (Lipinski definition) is 8. The molecule has 76 heavy (non-hydrogen) atoms. The van der Waals surface area contributed by atoms with Crippen molar-refractivity contribution in [2.24, 2.45) is 35.1 Å². The van der Waals surface area contributed by atoms with Crippen molar-refractivity contribution < 1.29 is 52.5 Å². The molecule has 1 aromatic carbocycles. The number of amides is 7. The van der Waals surface area contributed by atoms with Crippen molar-refractivity contribution in [1.82, 2.24) is 41.6 Å². The SMILES string of the molecule is CCC(=O)CCC(C)(C)OCCC(C)(N)NC(=O)OCC1C2CCc3nnn(C(C)(C)CCOC(C)(C)CCC(=O)NC(C(=O)N[C@@H](CCCNC(N)=O)C(=O)Nc4ccc(COC(=O)NC)cc4)C(C)C)c3CCC21. The number of benzene rings is 1. The van der Waals surface area contributed by atoms with E-state index in [1.807, 2.05) is 39.3 Å². The molecular formula is C54H89N11O11. The van der Waals surface area contributed by atoms with E-state index in [-0.39, 0.29) is 49.5 Å².